The molecule has 0 bridgehead atoms. The van der Waals surface area contributed by atoms with Gasteiger partial charge in [-0.3, -0.25) is 4.57 Å². The van der Waals surface area contributed by atoms with Crippen molar-refractivity contribution in [1.29, 1.82) is 0 Å². The number of benzene rings is 2. The summed E-state index contributed by atoms with van der Waals surface area (Å²) in [6, 6.07) is 15.4. The molecule has 3 rings (SSSR count). The summed E-state index contributed by atoms with van der Waals surface area (Å²) in [5.41, 5.74) is 3.52. The van der Waals surface area contributed by atoms with Gasteiger partial charge in [-0.15, -0.1) is 0 Å². The van der Waals surface area contributed by atoms with Crippen molar-refractivity contribution >= 4 is 28.4 Å². The van der Waals surface area contributed by atoms with Crippen LogP contribution in [0.25, 0.3) is 10.9 Å². The first-order valence-corrected chi connectivity index (χ1v) is 6.67. The summed E-state index contributed by atoms with van der Waals surface area (Å²) >= 11 is 0. The number of aromatic nitrogens is 1. The fourth-order valence-electron chi connectivity index (χ4n) is 2.35. The highest BCUT2D eigenvalue weighted by molar-refractivity contribution is 5.99. The van der Waals surface area contributed by atoms with E-state index in [-0.39, 0.29) is 0 Å². The van der Waals surface area contributed by atoms with Gasteiger partial charge in [0.15, 0.2) is 0 Å². The van der Waals surface area contributed by atoms with Gasteiger partial charge < -0.3 is 10.4 Å². The first-order chi connectivity index (χ1) is 10.2. The predicted octanol–water partition coefficient (Wildman–Crippen LogP) is 4.29. The largest absolute Gasteiger partial charge is 0.464 e. The summed E-state index contributed by atoms with van der Waals surface area (Å²) < 4.78 is 1.22. The average Bonchev–Trinajstić information content (AvgIpc) is 2.87. The molecule has 0 saturated carbocycles. The molecule has 0 aliphatic rings. The number of carbonyl (C=O) groups is 1. The first-order valence-electron chi connectivity index (χ1n) is 6.67. The molecule has 3 aromatic rings. The summed E-state index contributed by atoms with van der Waals surface area (Å²) in [5.74, 6) is 0. The molecule has 0 amide bonds. The second kappa shape index (κ2) is 5.32. The zero-order valence-corrected chi connectivity index (χ0v) is 11.4. The van der Waals surface area contributed by atoms with Crippen LogP contribution in [-0.2, 0) is 6.42 Å². The summed E-state index contributed by atoms with van der Waals surface area (Å²) in [6.07, 6.45) is 1.35. The zero-order valence-electron chi connectivity index (χ0n) is 11.4. The molecule has 0 saturated heterocycles. The van der Waals surface area contributed by atoms with Crippen molar-refractivity contribution in [3.8, 4) is 0 Å². The molecule has 21 heavy (non-hydrogen) atoms. The summed E-state index contributed by atoms with van der Waals surface area (Å²) in [6.45, 7) is 3.84. The molecule has 0 atom stereocenters. The van der Waals surface area contributed by atoms with E-state index < -0.39 is 6.09 Å². The lowest BCUT2D eigenvalue weighted by Gasteiger charge is -2.05. The molecule has 1 aromatic heterocycles. The van der Waals surface area contributed by atoms with E-state index in [0.29, 0.717) is 5.52 Å². The number of carboxylic acid groups (broad SMARTS) is 1. The van der Waals surface area contributed by atoms with Crippen molar-refractivity contribution in [3.05, 3.63) is 67.2 Å². The highest BCUT2D eigenvalue weighted by atomic mass is 16.4. The Balaban J connectivity index is 2.01. The van der Waals surface area contributed by atoms with Crippen molar-refractivity contribution < 1.29 is 9.90 Å². The molecule has 4 nitrogen and oxygen atoms in total. The Hall–Kier alpha value is -2.75. The number of anilines is 2. The van der Waals surface area contributed by atoms with E-state index in [1.807, 2.05) is 42.5 Å². The average molecular weight is 279 g/mol. The maximum Gasteiger partial charge on any atom is 0.416 e. The van der Waals surface area contributed by atoms with Crippen LogP contribution in [0.15, 0.2) is 54.7 Å². The van der Waals surface area contributed by atoms with Crippen molar-refractivity contribution in [1.82, 2.24) is 4.57 Å². The third-order valence-corrected chi connectivity index (χ3v) is 3.44. The zero-order chi connectivity index (χ0) is 14.8. The molecule has 2 aromatic carbocycles. The minimum atomic E-state index is -0.994. The van der Waals surface area contributed by atoms with Crippen LogP contribution < -0.4 is 5.32 Å². The lowest BCUT2D eigenvalue weighted by Crippen LogP contribution is -2.05. The van der Waals surface area contributed by atoms with Crippen LogP contribution in [0.4, 0.5) is 16.2 Å². The highest BCUT2D eigenvalue weighted by Gasteiger charge is 2.12. The van der Waals surface area contributed by atoms with Gasteiger partial charge in [-0.25, -0.2) is 4.79 Å². The van der Waals surface area contributed by atoms with Crippen LogP contribution in [0.3, 0.4) is 0 Å². The van der Waals surface area contributed by atoms with Crippen molar-refractivity contribution in [2.75, 3.05) is 5.32 Å². The van der Waals surface area contributed by atoms with Crippen LogP contribution in [0, 0.1) is 6.92 Å². The Kier molecular flexibility index (Phi) is 3.36. The van der Waals surface area contributed by atoms with Crippen LogP contribution in [0.1, 0.15) is 5.56 Å². The maximum absolute atomic E-state index is 11.3. The SMILES string of the molecule is [CH2]Cc1ccc(Nc2cn(C(=O)O)c3ccccc23)cc1. The van der Waals surface area contributed by atoms with Gasteiger partial charge in [-0.05, 0) is 37.1 Å². The molecular weight excluding hydrogens is 264 g/mol. The van der Waals surface area contributed by atoms with Gasteiger partial charge in [0, 0.05) is 17.3 Å². The molecule has 0 fully saturated rings. The van der Waals surface area contributed by atoms with E-state index in [0.717, 1.165) is 28.7 Å². The molecule has 1 heterocycles. The van der Waals surface area contributed by atoms with Crippen molar-refractivity contribution in [2.24, 2.45) is 0 Å². The predicted molar refractivity (Wildman–Crippen MR) is 84.1 cm³/mol. The standard InChI is InChI=1S/C17H15N2O2/c1-2-12-7-9-13(10-8-12)18-15-11-19(17(20)21)16-6-4-3-5-14(15)16/h3-11,18H,1-2H2,(H,20,21). The second-order valence-corrected chi connectivity index (χ2v) is 4.78. The Morgan fingerprint density at radius 2 is 1.86 bits per heavy atom. The molecule has 0 spiro atoms. The van der Waals surface area contributed by atoms with E-state index in [2.05, 4.69) is 12.2 Å². The van der Waals surface area contributed by atoms with Gasteiger partial charge in [0.2, 0.25) is 0 Å². The quantitative estimate of drug-likeness (QED) is 0.752. The molecular formula is C17H15N2O2. The number of hydrogen-bond acceptors (Lipinski definition) is 2. The lowest BCUT2D eigenvalue weighted by atomic mass is 10.1. The minimum Gasteiger partial charge on any atom is -0.464 e. The number of para-hydroxylation sites is 1. The van der Waals surface area contributed by atoms with Gasteiger partial charge >= 0.3 is 6.09 Å². The Labute approximate surface area is 122 Å². The molecule has 105 valence electrons. The molecule has 4 heteroatoms. The van der Waals surface area contributed by atoms with Gasteiger partial charge in [0.1, 0.15) is 0 Å². The smallest absolute Gasteiger partial charge is 0.416 e. The Bertz CT molecular complexity index is 788. The Morgan fingerprint density at radius 3 is 2.52 bits per heavy atom. The van der Waals surface area contributed by atoms with Gasteiger partial charge in [0.25, 0.3) is 0 Å². The molecule has 0 aliphatic heterocycles. The van der Waals surface area contributed by atoms with E-state index >= 15 is 0 Å². The third-order valence-electron chi connectivity index (χ3n) is 3.44. The van der Waals surface area contributed by atoms with Crippen molar-refractivity contribution in [2.45, 2.75) is 6.42 Å². The number of fused-ring (bicyclic) bond motifs is 1. The highest BCUT2D eigenvalue weighted by Crippen LogP contribution is 2.28. The van der Waals surface area contributed by atoms with Gasteiger partial charge in [-0.2, -0.15) is 0 Å². The second-order valence-electron chi connectivity index (χ2n) is 4.78. The minimum absolute atomic E-state index is 0.668. The van der Waals surface area contributed by atoms with Crippen LogP contribution >= 0.6 is 0 Å². The molecule has 2 N–H and O–H groups in total. The fraction of sp³-hybridized carbons (Fsp3) is 0.0588. The first kappa shape index (κ1) is 13.2. The maximum atomic E-state index is 11.3. The van der Waals surface area contributed by atoms with E-state index in [9.17, 15) is 9.90 Å². The summed E-state index contributed by atoms with van der Waals surface area (Å²) in [7, 11) is 0. The number of rotatable bonds is 3. The van der Waals surface area contributed by atoms with Crippen molar-refractivity contribution in [3.63, 3.8) is 0 Å². The van der Waals surface area contributed by atoms with E-state index in [1.165, 1.54) is 4.57 Å². The number of hydrogen-bond donors (Lipinski definition) is 2. The topological polar surface area (TPSA) is 54.3 Å². The molecule has 0 unspecified atom stereocenters. The fourth-order valence-corrected chi connectivity index (χ4v) is 2.35. The summed E-state index contributed by atoms with van der Waals surface area (Å²) in [5, 5.41) is 13.4. The molecule has 0 aliphatic carbocycles. The summed E-state index contributed by atoms with van der Waals surface area (Å²) in [4.78, 5) is 11.3. The number of nitrogens with one attached hydrogen (secondary N) is 1. The van der Waals surface area contributed by atoms with Crippen LogP contribution in [-0.4, -0.2) is 15.8 Å². The van der Waals surface area contributed by atoms with Gasteiger partial charge in [0.05, 0.1) is 11.2 Å². The third kappa shape index (κ3) is 2.48. The van der Waals surface area contributed by atoms with Crippen LogP contribution in [0.5, 0.6) is 0 Å². The molecule has 1 radical (unpaired) electrons. The Morgan fingerprint density at radius 1 is 1.14 bits per heavy atom. The van der Waals surface area contributed by atoms with Gasteiger partial charge in [-0.1, -0.05) is 30.3 Å². The number of nitrogens with zero attached hydrogens (tertiary/aromatic N) is 1. The van der Waals surface area contributed by atoms with E-state index in [1.54, 1.807) is 12.3 Å². The monoisotopic (exact) mass is 279 g/mol. The normalized spacial score (nSPS) is 10.7. The lowest BCUT2D eigenvalue weighted by molar-refractivity contribution is 0.197. The van der Waals surface area contributed by atoms with E-state index in [4.69, 9.17) is 0 Å². The van der Waals surface area contributed by atoms with Crippen LogP contribution in [0.2, 0.25) is 0 Å².